The van der Waals surface area contributed by atoms with E-state index in [4.69, 9.17) is 4.98 Å². The van der Waals surface area contributed by atoms with Crippen LogP contribution >= 0.6 is 0 Å². The van der Waals surface area contributed by atoms with Gasteiger partial charge in [-0.3, -0.25) is 4.98 Å². The van der Waals surface area contributed by atoms with E-state index in [-0.39, 0.29) is 18.5 Å². The summed E-state index contributed by atoms with van der Waals surface area (Å²) in [4.78, 5) is 4.98. The van der Waals surface area contributed by atoms with Crippen molar-refractivity contribution < 1.29 is 0 Å². The highest BCUT2D eigenvalue weighted by Crippen LogP contribution is 2.57. The number of rotatable bonds is 3. The van der Waals surface area contributed by atoms with Crippen molar-refractivity contribution in [2.45, 2.75) is 30.6 Å². The minimum atomic E-state index is 0.109. The zero-order chi connectivity index (χ0) is 38.3. The van der Waals surface area contributed by atoms with Crippen LogP contribution in [0.4, 0.5) is 0 Å². The van der Waals surface area contributed by atoms with Gasteiger partial charge in [-0.15, -0.1) is 0 Å². The Morgan fingerprint density at radius 1 is 0.559 bits per heavy atom. The third-order valence-electron chi connectivity index (χ3n) is 14.5. The summed E-state index contributed by atoms with van der Waals surface area (Å²) >= 11 is 0. The SMILES string of the molecule is c1ccc(C2C3=C(c4ccccc42)c2cccc4c2C(C3)Cc2cc(-c3ccccn3)cc3c2B4c2cccc4c5c(n-3c24)C(c2ccccc2)c2ccccc2-5)cc1. The molecule has 3 unspecified atom stereocenters. The molecule has 0 spiro atoms. The van der Waals surface area contributed by atoms with Crippen LogP contribution in [0, 0.1) is 0 Å². The average molecular weight is 749 g/mol. The van der Waals surface area contributed by atoms with Gasteiger partial charge in [-0.25, -0.2) is 0 Å². The first-order valence-corrected chi connectivity index (χ1v) is 21.2. The molecule has 9 aromatic rings. The normalized spacial score (nSPS) is 18.4. The molecule has 2 aromatic heterocycles. The third kappa shape index (κ3) is 4.19. The summed E-state index contributed by atoms with van der Waals surface area (Å²) < 4.78 is 2.71. The number of hydrogen-bond acceptors (Lipinski definition) is 1. The van der Waals surface area contributed by atoms with E-state index < -0.39 is 0 Å². The largest absolute Gasteiger partial charge is 0.313 e. The molecule has 0 saturated carbocycles. The number of hydrogen-bond donors (Lipinski definition) is 0. The van der Waals surface area contributed by atoms with Crippen molar-refractivity contribution in [3.8, 4) is 28.1 Å². The van der Waals surface area contributed by atoms with Crippen LogP contribution in [0.1, 0.15) is 74.4 Å². The Bertz CT molecular complexity index is 3290. The molecular formula is C56H37BN2. The predicted molar refractivity (Wildman–Crippen MR) is 242 cm³/mol. The molecule has 5 aliphatic rings. The second-order valence-corrected chi connectivity index (χ2v) is 17.2. The van der Waals surface area contributed by atoms with Crippen LogP contribution in [0.5, 0.6) is 0 Å². The van der Waals surface area contributed by atoms with E-state index in [1.165, 1.54) is 99.9 Å². The van der Waals surface area contributed by atoms with Crippen LogP contribution in [0.3, 0.4) is 0 Å². The van der Waals surface area contributed by atoms with Crippen molar-refractivity contribution in [3.05, 3.63) is 238 Å². The molecule has 14 rings (SSSR count). The molecule has 0 fully saturated rings. The Hall–Kier alpha value is -6.97. The number of para-hydroxylation sites is 1. The third-order valence-corrected chi connectivity index (χ3v) is 14.5. The molecule has 59 heavy (non-hydrogen) atoms. The molecule has 3 heteroatoms. The van der Waals surface area contributed by atoms with Crippen LogP contribution < -0.4 is 16.4 Å². The lowest BCUT2D eigenvalue weighted by Gasteiger charge is -2.32. The Kier molecular flexibility index (Phi) is 6.41. The standard InChI is InChI=1S/C56H37BN2/c1-3-15-33(16-4-1)49-38-19-7-9-21-40(38)52-42-23-13-25-45-50(42)36(31-44(49)52)30-37-29-35(47-27-11-12-28-58-47)32-48-54(37)57(45)46-26-14-24-43-53-41-22-10-8-20-39(41)51(34-17-5-2-6-18-34)56(53)59(48)55(43)46/h1-29,32,36,49,51H,30-31H2. The second-order valence-electron chi connectivity index (χ2n) is 17.2. The maximum absolute atomic E-state index is 4.98. The van der Waals surface area contributed by atoms with Crippen molar-refractivity contribution in [3.63, 3.8) is 0 Å². The fourth-order valence-electron chi connectivity index (χ4n) is 12.4. The van der Waals surface area contributed by atoms with Crippen LogP contribution in [-0.2, 0) is 6.42 Å². The summed E-state index contributed by atoms with van der Waals surface area (Å²) in [6.07, 6.45) is 3.96. The lowest BCUT2D eigenvalue weighted by molar-refractivity contribution is 0.653. The van der Waals surface area contributed by atoms with Crippen molar-refractivity contribution >= 4 is 39.6 Å². The molecular weight excluding hydrogens is 711 g/mol. The number of allylic oxidation sites excluding steroid dienone is 1. The van der Waals surface area contributed by atoms with Crippen LogP contribution in [0.15, 0.2) is 188 Å². The van der Waals surface area contributed by atoms with Gasteiger partial charge in [-0.2, -0.15) is 0 Å². The van der Waals surface area contributed by atoms with Gasteiger partial charge in [-0.05, 0) is 115 Å². The Morgan fingerprint density at radius 3 is 2.03 bits per heavy atom. The van der Waals surface area contributed by atoms with Crippen LogP contribution in [0.25, 0.3) is 44.5 Å². The molecule has 0 amide bonds. The first-order valence-electron chi connectivity index (χ1n) is 21.2. The summed E-state index contributed by atoms with van der Waals surface area (Å²) in [6.45, 7) is 0.109. The molecule has 2 nitrogen and oxygen atoms in total. The zero-order valence-corrected chi connectivity index (χ0v) is 32.4. The lowest BCUT2D eigenvalue weighted by atomic mass is 9.34. The second kappa shape index (κ2) is 11.8. The Morgan fingerprint density at radius 2 is 1.24 bits per heavy atom. The van der Waals surface area contributed by atoms with Gasteiger partial charge in [0.15, 0.2) is 0 Å². The maximum Gasteiger partial charge on any atom is 0.247 e. The molecule has 2 aliphatic heterocycles. The molecule has 0 saturated heterocycles. The Labute approximate surface area is 344 Å². The predicted octanol–water partition coefficient (Wildman–Crippen LogP) is 10.7. The van der Waals surface area contributed by atoms with Gasteiger partial charge in [0.1, 0.15) is 0 Å². The summed E-state index contributed by atoms with van der Waals surface area (Å²) in [7, 11) is 0. The highest BCUT2D eigenvalue weighted by molar-refractivity contribution is 6.98. The Balaban J connectivity index is 1.09. The van der Waals surface area contributed by atoms with Gasteiger partial charge < -0.3 is 4.57 Å². The first kappa shape index (κ1) is 32.0. The van der Waals surface area contributed by atoms with E-state index >= 15 is 0 Å². The van der Waals surface area contributed by atoms with E-state index in [0.717, 1.165) is 18.5 Å². The van der Waals surface area contributed by atoms with Gasteiger partial charge in [0.05, 0.1) is 11.6 Å². The van der Waals surface area contributed by atoms with Gasteiger partial charge in [0.2, 0.25) is 6.71 Å². The average Bonchev–Trinajstić information content (AvgIpc) is 3.90. The lowest BCUT2D eigenvalue weighted by Crippen LogP contribution is -2.57. The quantitative estimate of drug-likeness (QED) is 0.165. The molecule has 0 radical (unpaired) electrons. The summed E-state index contributed by atoms with van der Waals surface area (Å²) in [5.74, 6) is 0.729. The van der Waals surface area contributed by atoms with Crippen LogP contribution in [-0.4, -0.2) is 16.3 Å². The first-order chi connectivity index (χ1) is 29.3. The minimum Gasteiger partial charge on any atom is -0.313 e. The zero-order valence-electron chi connectivity index (χ0n) is 32.4. The monoisotopic (exact) mass is 748 g/mol. The summed E-state index contributed by atoms with van der Waals surface area (Å²) in [5.41, 5.74) is 27.9. The smallest absolute Gasteiger partial charge is 0.247 e. The maximum atomic E-state index is 4.98. The minimum absolute atomic E-state index is 0.109. The molecule has 7 aromatic carbocycles. The molecule has 3 aliphatic carbocycles. The number of aromatic nitrogens is 2. The van der Waals surface area contributed by atoms with Gasteiger partial charge >= 0.3 is 0 Å². The molecule has 4 heterocycles. The molecule has 0 N–H and O–H groups in total. The highest BCUT2D eigenvalue weighted by Gasteiger charge is 2.47. The van der Waals surface area contributed by atoms with E-state index in [9.17, 15) is 0 Å². The molecule has 3 atom stereocenters. The summed E-state index contributed by atoms with van der Waals surface area (Å²) in [6, 6.07) is 66.6. The highest BCUT2D eigenvalue weighted by atomic mass is 15.0. The number of fused-ring (bicyclic) bond motifs is 11. The number of pyridine rings is 1. The fraction of sp³-hybridized carbons (Fsp3) is 0.0893. The van der Waals surface area contributed by atoms with Crippen molar-refractivity contribution in [1.29, 1.82) is 0 Å². The number of benzene rings is 7. The van der Waals surface area contributed by atoms with E-state index in [0.29, 0.717) is 5.92 Å². The summed E-state index contributed by atoms with van der Waals surface area (Å²) in [5, 5.41) is 1.35. The molecule has 274 valence electrons. The van der Waals surface area contributed by atoms with Crippen molar-refractivity contribution in [2.24, 2.45) is 0 Å². The molecule has 0 bridgehead atoms. The van der Waals surface area contributed by atoms with Gasteiger partial charge in [-0.1, -0.05) is 157 Å². The number of nitrogens with zero attached hydrogens (tertiary/aromatic N) is 2. The fourth-order valence-corrected chi connectivity index (χ4v) is 12.4. The van der Waals surface area contributed by atoms with Gasteiger partial charge in [0, 0.05) is 45.5 Å². The topological polar surface area (TPSA) is 17.8 Å². The van der Waals surface area contributed by atoms with E-state index in [2.05, 4.69) is 174 Å². The van der Waals surface area contributed by atoms with Gasteiger partial charge in [0.25, 0.3) is 0 Å². The van der Waals surface area contributed by atoms with Crippen molar-refractivity contribution in [2.75, 3.05) is 0 Å². The van der Waals surface area contributed by atoms with E-state index in [1.807, 2.05) is 12.3 Å². The van der Waals surface area contributed by atoms with Crippen molar-refractivity contribution in [1.82, 2.24) is 9.55 Å². The van der Waals surface area contributed by atoms with Crippen LogP contribution in [0.2, 0.25) is 0 Å². The van der Waals surface area contributed by atoms with E-state index in [1.54, 1.807) is 11.1 Å².